The molecule has 0 saturated carbocycles. The standard InChI is InChI=1S/C19H27N3O4/c1-7-25-18(24)16-21-13-9-8-10-20-15(13)22(16)14(11-12(2)3)17(23)26-19(4,5)6/h8-10,12,14H,7,11H2,1-6H3/t14-/m0/s1. The first-order chi connectivity index (χ1) is 12.1. The van der Waals surface area contributed by atoms with Crippen molar-refractivity contribution in [3.05, 3.63) is 24.2 Å². The molecule has 2 heterocycles. The van der Waals surface area contributed by atoms with E-state index in [9.17, 15) is 9.59 Å². The number of hydrogen-bond acceptors (Lipinski definition) is 6. The largest absolute Gasteiger partial charge is 0.460 e. The number of ether oxygens (including phenoxy) is 2. The molecule has 0 N–H and O–H groups in total. The predicted molar refractivity (Wildman–Crippen MR) is 97.8 cm³/mol. The maximum absolute atomic E-state index is 12.9. The number of carbonyl (C=O) groups is 2. The predicted octanol–water partition coefficient (Wildman–Crippen LogP) is 3.54. The molecule has 142 valence electrons. The second-order valence-corrected chi connectivity index (χ2v) is 7.55. The molecule has 0 amide bonds. The number of pyridine rings is 1. The van der Waals surface area contributed by atoms with E-state index in [2.05, 4.69) is 9.97 Å². The van der Waals surface area contributed by atoms with E-state index in [0.717, 1.165) is 0 Å². The summed E-state index contributed by atoms with van der Waals surface area (Å²) in [5.41, 5.74) is 0.361. The van der Waals surface area contributed by atoms with Gasteiger partial charge in [-0.1, -0.05) is 13.8 Å². The van der Waals surface area contributed by atoms with Crippen molar-refractivity contribution < 1.29 is 19.1 Å². The summed E-state index contributed by atoms with van der Waals surface area (Å²) in [6.07, 6.45) is 2.10. The van der Waals surface area contributed by atoms with E-state index in [-0.39, 0.29) is 18.3 Å². The van der Waals surface area contributed by atoms with Gasteiger partial charge in [-0.25, -0.2) is 19.6 Å². The van der Waals surface area contributed by atoms with Gasteiger partial charge in [-0.15, -0.1) is 0 Å². The highest BCUT2D eigenvalue weighted by Gasteiger charge is 2.33. The monoisotopic (exact) mass is 361 g/mol. The minimum atomic E-state index is -0.714. The second kappa shape index (κ2) is 7.85. The van der Waals surface area contributed by atoms with Crippen LogP contribution in [0.25, 0.3) is 11.2 Å². The van der Waals surface area contributed by atoms with Crippen molar-refractivity contribution in [2.45, 2.75) is 59.6 Å². The Labute approximate surface area is 153 Å². The molecule has 7 nitrogen and oxygen atoms in total. The van der Waals surface area contributed by atoms with E-state index < -0.39 is 23.6 Å². The lowest BCUT2D eigenvalue weighted by molar-refractivity contribution is -0.159. The van der Waals surface area contributed by atoms with Crippen LogP contribution in [0.4, 0.5) is 0 Å². The first-order valence-electron chi connectivity index (χ1n) is 8.87. The molecule has 0 aliphatic rings. The van der Waals surface area contributed by atoms with Crippen LogP contribution in [0.15, 0.2) is 18.3 Å². The van der Waals surface area contributed by atoms with Gasteiger partial charge in [0.2, 0.25) is 5.82 Å². The summed E-state index contributed by atoms with van der Waals surface area (Å²) in [5.74, 6) is -0.731. The summed E-state index contributed by atoms with van der Waals surface area (Å²) in [6.45, 7) is 11.4. The van der Waals surface area contributed by atoms with Gasteiger partial charge in [0.25, 0.3) is 0 Å². The summed E-state index contributed by atoms with van der Waals surface area (Å²) < 4.78 is 12.3. The summed E-state index contributed by atoms with van der Waals surface area (Å²) in [7, 11) is 0. The molecule has 0 radical (unpaired) electrons. The zero-order valence-corrected chi connectivity index (χ0v) is 16.3. The Morgan fingerprint density at radius 1 is 1.27 bits per heavy atom. The van der Waals surface area contributed by atoms with Gasteiger partial charge in [-0.05, 0) is 52.2 Å². The highest BCUT2D eigenvalue weighted by atomic mass is 16.6. The second-order valence-electron chi connectivity index (χ2n) is 7.55. The number of rotatable bonds is 6. The Balaban J connectivity index is 2.61. The molecule has 0 saturated heterocycles. The minimum Gasteiger partial charge on any atom is -0.460 e. The molecule has 26 heavy (non-hydrogen) atoms. The Bertz CT molecular complexity index is 790. The van der Waals surface area contributed by atoms with Gasteiger partial charge in [-0.3, -0.25) is 4.57 Å². The van der Waals surface area contributed by atoms with Gasteiger partial charge < -0.3 is 9.47 Å². The van der Waals surface area contributed by atoms with E-state index >= 15 is 0 Å². The average molecular weight is 361 g/mol. The normalized spacial score (nSPS) is 13.0. The van der Waals surface area contributed by atoms with Crippen LogP contribution in [-0.4, -0.2) is 38.7 Å². The number of hydrogen-bond donors (Lipinski definition) is 0. The van der Waals surface area contributed by atoms with Gasteiger partial charge in [-0.2, -0.15) is 0 Å². The fourth-order valence-corrected chi connectivity index (χ4v) is 2.69. The number of esters is 2. The topological polar surface area (TPSA) is 83.3 Å². The fourth-order valence-electron chi connectivity index (χ4n) is 2.69. The lowest BCUT2D eigenvalue weighted by Gasteiger charge is -2.26. The number of carbonyl (C=O) groups excluding carboxylic acids is 2. The zero-order chi connectivity index (χ0) is 19.5. The molecule has 1 atom stereocenters. The van der Waals surface area contributed by atoms with E-state index in [1.54, 1.807) is 29.8 Å². The molecule has 0 spiro atoms. The highest BCUT2D eigenvalue weighted by Crippen LogP contribution is 2.28. The molecule has 7 heteroatoms. The Morgan fingerprint density at radius 3 is 2.54 bits per heavy atom. The minimum absolute atomic E-state index is 0.0667. The molecule has 0 aliphatic carbocycles. The molecule has 0 aromatic carbocycles. The SMILES string of the molecule is CCOC(=O)c1nc2cccnc2n1[C@@H](CC(C)C)C(=O)OC(C)(C)C. The summed E-state index contributed by atoms with van der Waals surface area (Å²) in [4.78, 5) is 34.1. The average Bonchev–Trinajstić information content (AvgIpc) is 2.90. The summed E-state index contributed by atoms with van der Waals surface area (Å²) in [5, 5.41) is 0. The summed E-state index contributed by atoms with van der Waals surface area (Å²) in [6, 6.07) is 2.77. The molecule has 0 unspecified atom stereocenters. The van der Waals surface area contributed by atoms with E-state index in [4.69, 9.17) is 9.47 Å². The number of fused-ring (bicyclic) bond motifs is 1. The zero-order valence-electron chi connectivity index (χ0n) is 16.3. The van der Waals surface area contributed by atoms with Crippen LogP contribution < -0.4 is 0 Å². The van der Waals surface area contributed by atoms with E-state index in [1.165, 1.54) is 0 Å². The van der Waals surface area contributed by atoms with Gasteiger partial charge in [0.15, 0.2) is 5.65 Å². The molecular formula is C19H27N3O4. The summed E-state index contributed by atoms with van der Waals surface area (Å²) >= 11 is 0. The Hall–Kier alpha value is -2.44. The van der Waals surface area contributed by atoms with Crippen molar-refractivity contribution in [1.82, 2.24) is 14.5 Å². The van der Waals surface area contributed by atoms with Crippen LogP contribution in [0.2, 0.25) is 0 Å². The van der Waals surface area contributed by atoms with Gasteiger partial charge >= 0.3 is 11.9 Å². The van der Waals surface area contributed by atoms with Crippen LogP contribution in [0.5, 0.6) is 0 Å². The smallest absolute Gasteiger partial charge is 0.374 e. The maximum atomic E-state index is 12.9. The van der Waals surface area contributed by atoms with Gasteiger partial charge in [0, 0.05) is 6.20 Å². The van der Waals surface area contributed by atoms with Crippen molar-refractivity contribution in [3.8, 4) is 0 Å². The molecule has 2 aromatic rings. The number of nitrogens with zero attached hydrogens (tertiary/aromatic N) is 3. The first-order valence-corrected chi connectivity index (χ1v) is 8.87. The van der Waals surface area contributed by atoms with Crippen molar-refractivity contribution in [2.24, 2.45) is 5.92 Å². The van der Waals surface area contributed by atoms with Crippen molar-refractivity contribution >= 4 is 23.1 Å². The van der Waals surface area contributed by atoms with Crippen LogP contribution in [-0.2, 0) is 14.3 Å². The fraction of sp³-hybridized carbons (Fsp3) is 0.579. The quantitative estimate of drug-likeness (QED) is 0.732. The number of aromatic nitrogens is 3. The lowest BCUT2D eigenvalue weighted by atomic mass is 10.0. The first kappa shape index (κ1) is 19.9. The highest BCUT2D eigenvalue weighted by molar-refractivity contribution is 5.91. The molecule has 0 bridgehead atoms. The van der Waals surface area contributed by atoms with Crippen LogP contribution in [0.3, 0.4) is 0 Å². The van der Waals surface area contributed by atoms with Crippen molar-refractivity contribution in [3.63, 3.8) is 0 Å². The molecule has 2 aromatic heterocycles. The van der Waals surface area contributed by atoms with Crippen LogP contribution >= 0.6 is 0 Å². The van der Waals surface area contributed by atoms with E-state index in [1.807, 2.05) is 34.6 Å². The molecule has 2 rings (SSSR count). The van der Waals surface area contributed by atoms with Gasteiger partial charge in [0.05, 0.1) is 6.61 Å². The number of imidazole rings is 1. The Morgan fingerprint density at radius 2 is 1.96 bits per heavy atom. The van der Waals surface area contributed by atoms with Crippen molar-refractivity contribution in [1.29, 1.82) is 0 Å². The third-order valence-corrected chi connectivity index (χ3v) is 3.59. The molecule has 0 aliphatic heterocycles. The maximum Gasteiger partial charge on any atom is 0.374 e. The lowest BCUT2D eigenvalue weighted by Crippen LogP contribution is -2.32. The molecule has 0 fully saturated rings. The third-order valence-electron chi connectivity index (χ3n) is 3.59. The third kappa shape index (κ3) is 4.59. The van der Waals surface area contributed by atoms with Crippen LogP contribution in [0, 0.1) is 5.92 Å². The molecular weight excluding hydrogens is 334 g/mol. The van der Waals surface area contributed by atoms with E-state index in [0.29, 0.717) is 17.6 Å². The van der Waals surface area contributed by atoms with Gasteiger partial charge in [0.1, 0.15) is 17.2 Å². The van der Waals surface area contributed by atoms with Crippen LogP contribution in [0.1, 0.15) is 64.6 Å². The van der Waals surface area contributed by atoms with Crippen molar-refractivity contribution in [2.75, 3.05) is 6.61 Å². The Kier molecular flexibility index (Phi) is 6.00.